The van der Waals surface area contributed by atoms with Crippen LogP contribution in [-0.2, 0) is 14.1 Å². The van der Waals surface area contributed by atoms with E-state index < -0.39 is 0 Å². The minimum atomic E-state index is -0.373. The van der Waals surface area contributed by atoms with Crippen LogP contribution in [0.3, 0.4) is 0 Å². The quantitative estimate of drug-likeness (QED) is 0.492. The maximum atomic E-state index is 12.9. The standard InChI is InChI=1S/C24H19N5O2/c1-28-20-10-6-5-9-19(20)26-22(28)15-11-13-16(14-12-15)25-23(30)21-17-7-3-4-8-18(17)24(31)29(2)27-21/h3-14H,1-2H3,(H,25,30). The van der Waals surface area contributed by atoms with Crippen LogP contribution >= 0.6 is 0 Å². The number of nitrogens with one attached hydrogen (secondary N) is 1. The average molecular weight is 409 g/mol. The molecule has 0 spiro atoms. The number of carbonyl (C=O) groups excluding carboxylic acids is 1. The summed E-state index contributed by atoms with van der Waals surface area (Å²) in [5, 5.41) is 8.04. The number of aryl methyl sites for hydroxylation is 2. The fourth-order valence-electron chi connectivity index (χ4n) is 3.76. The van der Waals surface area contributed by atoms with Gasteiger partial charge in [0.25, 0.3) is 11.5 Å². The van der Waals surface area contributed by atoms with Gasteiger partial charge in [0.05, 0.1) is 16.4 Å². The lowest BCUT2D eigenvalue weighted by atomic mass is 10.1. The van der Waals surface area contributed by atoms with Gasteiger partial charge in [-0.05, 0) is 42.5 Å². The number of para-hydroxylation sites is 2. The van der Waals surface area contributed by atoms with Gasteiger partial charge in [-0.15, -0.1) is 0 Å². The molecule has 152 valence electrons. The van der Waals surface area contributed by atoms with E-state index in [1.807, 2.05) is 60.1 Å². The van der Waals surface area contributed by atoms with Gasteiger partial charge in [0.15, 0.2) is 5.69 Å². The van der Waals surface area contributed by atoms with Crippen molar-refractivity contribution in [1.82, 2.24) is 19.3 Å². The first-order valence-corrected chi connectivity index (χ1v) is 9.82. The summed E-state index contributed by atoms with van der Waals surface area (Å²) in [6.07, 6.45) is 0. The molecular weight excluding hydrogens is 390 g/mol. The number of fused-ring (bicyclic) bond motifs is 2. The molecule has 0 saturated heterocycles. The zero-order valence-corrected chi connectivity index (χ0v) is 17.0. The fraction of sp³-hybridized carbons (Fsp3) is 0.0833. The first-order valence-electron chi connectivity index (χ1n) is 9.82. The van der Waals surface area contributed by atoms with Gasteiger partial charge in [0.1, 0.15) is 5.82 Å². The van der Waals surface area contributed by atoms with Gasteiger partial charge in [0, 0.05) is 30.7 Å². The Bertz CT molecular complexity index is 1510. The summed E-state index contributed by atoms with van der Waals surface area (Å²) in [4.78, 5) is 29.9. The van der Waals surface area contributed by atoms with Crippen molar-refractivity contribution in [2.24, 2.45) is 14.1 Å². The highest BCUT2D eigenvalue weighted by Gasteiger charge is 2.16. The Labute approximate surface area is 177 Å². The zero-order valence-electron chi connectivity index (χ0n) is 17.0. The Morgan fingerprint density at radius 1 is 0.871 bits per heavy atom. The number of rotatable bonds is 3. The second-order valence-corrected chi connectivity index (χ2v) is 7.34. The molecule has 5 rings (SSSR count). The van der Waals surface area contributed by atoms with Gasteiger partial charge < -0.3 is 9.88 Å². The number of aromatic nitrogens is 4. The van der Waals surface area contributed by atoms with E-state index in [-0.39, 0.29) is 17.2 Å². The van der Waals surface area contributed by atoms with Crippen LogP contribution in [0.2, 0.25) is 0 Å². The number of amides is 1. The molecule has 0 aliphatic rings. The van der Waals surface area contributed by atoms with Crippen LogP contribution in [0.5, 0.6) is 0 Å². The predicted molar refractivity (Wildman–Crippen MR) is 121 cm³/mol. The molecule has 0 bridgehead atoms. The van der Waals surface area contributed by atoms with Gasteiger partial charge in [-0.25, -0.2) is 9.67 Å². The van der Waals surface area contributed by atoms with E-state index in [2.05, 4.69) is 10.4 Å². The molecule has 0 aliphatic heterocycles. The van der Waals surface area contributed by atoms with Crippen LogP contribution in [0, 0.1) is 0 Å². The van der Waals surface area contributed by atoms with E-state index in [4.69, 9.17) is 4.98 Å². The molecule has 3 aromatic carbocycles. The molecule has 0 fully saturated rings. The lowest BCUT2D eigenvalue weighted by Crippen LogP contribution is -2.25. The molecule has 7 nitrogen and oxygen atoms in total. The predicted octanol–water partition coefficient (Wildman–Crippen LogP) is 3.74. The highest BCUT2D eigenvalue weighted by Crippen LogP contribution is 2.25. The number of nitrogens with zero attached hydrogens (tertiary/aromatic N) is 4. The van der Waals surface area contributed by atoms with Crippen LogP contribution in [0.4, 0.5) is 5.69 Å². The van der Waals surface area contributed by atoms with E-state index in [0.29, 0.717) is 16.5 Å². The summed E-state index contributed by atoms with van der Waals surface area (Å²) in [5.41, 5.74) is 3.54. The third-order valence-electron chi connectivity index (χ3n) is 5.36. The molecular formula is C24H19N5O2. The molecule has 1 N–H and O–H groups in total. The van der Waals surface area contributed by atoms with Crippen molar-refractivity contribution in [2.75, 3.05) is 5.32 Å². The Balaban J connectivity index is 1.46. The van der Waals surface area contributed by atoms with Crippen molar-refractivity contribution in [2.45, 2.75) is 0 Å². The van der Waals surface area contributed by atoms with Crippen molar-refractivity contribution in [3.63, 3.8) is 0 Å². The van der Waals surface area contributed by atoms with Crippen molar-refractivity contribution in [1.29, 1.82) is 0 Å². The zero-order chi connectivity index (χ0) is 21.5. The largest absolute Gasteiger partial charge is 0.327 e. The SMILES string of the molecule is Cn1nc(C(=O)Nc2ccc(-c3nc4ccccc4n3C)cc2)c2ccccc2c1=O. The maximum absolute atomic E-state index is 12.9. The molecule has 31 heavy (non-hydrogen) atoms. The first kappa shape index (κ1) is 18.7. The Hall–Kier alpha value is -4.26. The van der Waals surface area contributed by atoms with E-state index in [9.17, 15) is 9.59 Å². The number of hydrogen-bond acceptors (Lipinski definition) is 4. The highest BCUT2D eigenvalue weighted by molar-refractivity contribution is 6.11. The summed E-state index contributed by atoms with van der Waals surface area (Å²) in [6.45, 7) is 0. The number of benzene rings is 3. The second-order valence-electron chi connectivity index (χ2n) is 7.34. The second kappa shape index (κ2) is 7.21. The number of hydrogen-bond donors (Lipinski definition) is 1. The molecule has 7 heteroatoms. The van der Waals surface area contributed by atoms with Crippen LogP contribution in [0.15, 0.2) is 77.6 Å². The Morgan fingerprint density at radius 2 is 1.55 bits per heavy atom. The van der Waals surface area contributed by atoms with Gasteiger partial charge >= 0.3 is 0 Å². The lowest BCUT2D eigenvalue weighted by Gasteiger charge is -2.09. The Morgan fingerprint density at radius 3 is 2.29 bits per heavy atom. The maximum Gasteiger partial charge on any atom is 0.276 e. The minimum Gasteiger partial charge on any atom is -0.327 e. The molecule has 2 aromatic heterocycles. The van der Waals surface area contributed by atoms with Crippen molar-refractivity contribution in [3.8, 4) is 11.4 Å². The van der Waals surface area contributed by atoms with Crippen LogP contribution < -0.4 is 10.9 Å². The van der Waals surface area contributed by atoms with Gasteiger partial charge in [-0.1, -0.05) is 30.3 Å². The molecule has 0 radical (unpaired) electrons. The van der Waals surface area contributed by atoms with Crippen LogP contribution in [0.25, 0.3) is 33.2 Å². The molecule has 2 heterocycles. The minimum absolute atomic E-state index is 0.206. The Kier molecular flexibility index (Phi) is 4.36. The third kappa shape index (κ3) is 3.16. The van der Waals surface area contributed by atoms with Gasteiger partial charge in [-0.3, -0.25) is 9.59 Å². The normalized spacial score (nSPS) is 11.2. The van der Waals surface area contributed by atoms with Crippen molar-refractivity contribution < 1.29 is 4.79 Å². The summed E-state index contributed by atoms with van der Waals surface area (Å²) in [7, 11) is 3.52. The number of imidazole rings is 1. The molecule has 0 aliphatic carbocycles. The third-order valence-corrected chi connectivity index (χ3v) is 5.36. The molecule has 5 aromatic rings. The average Bonchev–Trinajstić information content (AvgIpc) is 3.13. The van der Waals surface area contributed by atoms with E-state index in [1.54, 1.807) is 24.3 Å². The smallest absolute Gasteiger partial charge is 0.276 e. The topological polar surface area (TPSA) is 81.8 Å². The molecule has 1 amide bonds. The summed E-state index contributed by atoms with van der Waals surface area (Å²) in [6, 6.07) is 22.5. The summed E-state index contributed by atoms with van der Waals surface area (Å²) >= 11 is 0. The number of carbonyl (C=O) groups is 1. The van der Waals surface area contributed by atoms with Crippen molar-refractivity contribution in [3.05, 3.63) is 88.8 Å². The van der Waals surface area contributed by atoms with Crippen LogP contribution in [-0.4, -0.2) is 25.2 Å². The summed E-state index contributed by atoms with van der Waals surface area (Å²) in [5.74, 6) is 0.479. The van der Waals surface area contributed by atoms with Gasteiger partial charge in [-0.2, -0.15) is 5.10 Å². The van der Waals surface area contributed by atoms with E-state index >= 15 is 0 Å². The van der Waals surface area contributed by atoms with E-state index in [0.717, 1.165) is 22.4 Å². The highest BCUT2D eigenvalue weighted by atomic mass is 16.2. The number of anilines is 1. The van der Waals surface area contributed by atoms with Crippen LogP contribution in [0.1, 0.15) is 10.5 Å². The molecule has 0 atom stereocenters. The van der Waals surface area contributed by atoms with Crippen molar-refractivity contribution >= 4 is 33.4 Å². The first-order chi connectivity index (χ1) is 15.0. The molecule has 0 saturated carbocycles. The molecule has 0 unspecified atom stereocenters. The monoisotopic (exact) mass is 409 g/mol. The fourth-order valence-corrected chi connectivity index (χ4v) is 3.76. The van der Waals surface area contributed by atoms with Gasteiger partial charge in [0.2, 0.25) is 0 Å². The summed E-state index contributed by atoms with van der Waals surface area (Å²) < 4.78 is 3.23. The van der Waals surface area contributed by atoms with E-state index in [1.165, 1.54) is 11.7 Å². The lowest BCUT2D eigenvalue weighted by molar-refractivity contribution is 0.102.